The highest BCUT2D eigenvalue weighted by Crippen LogP contribution is 2.14. The van der Waals surface area contributed by atoms with Crippen LogP contribution in [0.2, 0.25) is 0 Å². The first-order valence-corrected chi connectivity index (χ1v) is 3.68. The normalized spacial score (nSPS) is 32.4. The Hall–Kier alpha value is -0.570. The van der Waals surface area contributed by atoms with E-state index in [9.17, 15) is 4.79 Å². The first kappa shape index (κ1) is 7.54. The monoisotopic (exact) mass is 142 g/mol. The molecule has 0 bridgehead atoms. The summed E-state index contributed by atoms with van der Waals surface area (Å²) in [7, 11) is 1.91. The molecule has 1 fully saturated rings. The molecule has 0 aromatic carbocycles. The predicted molar refractivity (Wildman–Crippen MR) is 39.6 cm³/mol. The quantitative estimate of drug-likeness (QED) is 0.557. The van der Waals surface area contributed by atoms with Crippen molar-refractivity contribution in [1.29, 1.82) is 0 Å². The SMILES string of the molecule is CNC[C@H]1CC(=O)N[C@@H]1C. The van der Waals surface area contributed by atoms with Crippen LogP contribution in [0, 0.1) is 5.92 Å². The molecule has 2 atom stereocenters. The topological polar surface area (TPSA) is 41.1 Å². The van der Waals surface area contributed by atoms with E-state index in [2.05, 4.69) is 10.6 Å². The molecule has 0 aromatic heterocycles. The number of hydrogen-bond donors (Lipinski definition) is 2. The van der Waals surface area contributed by atoms with Gasteiger partial charge in [0.15, 0.2) is 0 Å². The van der Waals surface area contributed by atoms with E-state index in [1.54, 1.807) is 0 Å². The van der Waals surface area contributed by atoms with E-state index in [4.69, 9.17) is 0 Å². The molecule has 0 unspecified atom stereocenters. The summed E-state index contributed by atoms with van der Waals surface area (Å²) in [6, 6.07) is 0.347. The lowest BCUT2D eigenvalue weighted by molar-refractivity contribution is -0.119. The summed E-state index contributed by atoms with van der Waals surface area (Å²) in [5.74, 6) is 0.672. The van der Waals surface area contributed by atoms with Crippen LogP contribution in [0.15, 0.2) is 0 Å². The van der Waals surface area contributed by atoms with Crippen molar-refractivity contribution < 1.29 is 4.79 Å². The van der Waals surface area contributed by atoms with E-state index in [-0.39, 0.29) is 5.91 Å². The summed E-state index contributed by atoms with van der Waals surface area (Å²) in [5.41, 5.74) is 0. The molecule has 3 nitrogen and oxygen atoms in total. The minimum atomic E-state index is 0.188. The lowest BCUT2D eigenvalue weighted by Crippen LogP contribution is -2.30. The summed E-state index contributed by atoms with van der Waals surface area (Å²) >= 11 is 0. The van der Waals surface area contributed by atoms with Crippen LogP contribution in [0.3, 0.4) is 0 Å². The van der Waals surface area contributed by atoms with E-state index in [1.807, 2.05) is 14.0 Å². The van der Waals surface area contributed by atoms with E-state index in [0.29, 0.717) is 18.4 Å². The second-order valence-electron chi connectivity index (χ2n) is 2.88. The van der Waals surface area contributed by atoms with Crippen molar-refractivity contribution in [3.63, 3.8) is 0 Å². The van der Waals surface area contributed by atoms with Gasteiger partial charge in [0.05, 0.1) is 0 Å². The standard InChI is InChI=1S/C7H14N2O/c1-5-6(4-8-2)3-7(10)9-5/h5-6,8H,3-4H2,1-2H3,(H,9,10)/t5-,6-/m1/s1. The van der Waals surface area contributed by atoms with Crippen LogP contribution in [0.1, 0.15) is 13.3 Å². The van der Waals surface area contributed by atoms with Gasteiger partial charge in [0.2, 0.25) is 5.91 Å². The lowest BCUT2D eigenvalue weighted by Gasteiger charge is -2.12. The second-order valence-corrected chi connectivity index (χ2v) is 2.88. The molecule has 0 saturated carbocycles. The van der Waals surface area contributed by atoms with E-state index in [0.717, 1.165) is 6.54 Å². The van der Waals surface area contributed by atoms with Crippen molar-refractivity contribution in [2.75, 3.05) is 13.6 Å². The van der Waals surface area contributed by atoms with Crippen molar-refractivity contribution in [3.05, 3.63) is 0 Å². The number of amides is 1. The summed E-state index contributed by atoms with van der Waals surface area (Å²) in [5, 5.41) is 5.94. The van der Waals surface area contributed by atoms with Crippen LogP contribution < -0.4 is 10.6 Å². The van der Waals surface area contributed by atoms with Gasteiger partial charge in [-0.25, -0.2) is 0 Å². The molecule has 10 heavy (non-hydrogen) atoms. The highest BCUT2D eigenvalue weighted by Gasteiger charge is 2.27. The molecule has 1 heterocycles. The fourth-order valence-electron chi connectivity index (χ4n) is 1.36. The molecular formula is C7H14N2O. The number of rotatable bonds is 2. The minimum absolute atomic E-state index is 0.188. The fraction of sp³-hybridized carbons (Fsp3) is 0.857. The molecule has 0 aromatic rings. The maximum atomic E-state index is 10.8. The summed E-state index contributed by atoms with van der Waals surface area (Å²) in [4.78, 5) is 10.8. The van der Waals surface area contributed by atoms with Crippen molar-refractivity contribution in [1.82, 2.24) is 10.6 Å². The van der Waals surface area contributed by atoms with Gasteiger partial charge in [0.1, 0.15) is 0 Å². The van der Waals surface area contributed by atoms with Gasteiger partial charge in [-0.05, 0) is 14.0 Å². The third kappa shape index (κ3) is 1.48. The molecule has 0 aliphatic carbocycles. The van der Waals surface area contributed by atoms with Gasteiger partial charge in [0.25, 0.3) is 0 Å². The Morgan fingerprint density at radius 1 is 1.80 bits per heavy atom. The second kappa shape index (κ2) is 3.01. The van der Waals surface area contributed by atoms with Crippen LogP contribution in [0.4, 0.5) is 0 Å². The van der Waals surface area contributed by atoms with Gasteiger partial charge < -0.3 is 10.6 Å². The largest absolute Gasteiger partial charge is 0.353 e. The molecule has 1 aliphatic rings. The van der Waals surface area contributed by atoms with E-state index in [1.165, 1.54) is 0 Å². The van der Waals surface area contributed by atoms with E-state index < -0.39 is 0 Å². The average Bonchev–Trinajstić information content (AvgIpc) is 2.13. The van der Waals surface area contributed by atoms with Gasteiger partial charge >= 0.3 is 0 Å². The van der Waals surface area contributed by atoms with E-state index >= 15 is 0 Å². The Labute approximate surface area is 61.2 Å². The lowest BCUT2D eigenvalue weighted by atomic mass is 10.0. The molecular weight excluding hydrogens is 128 g/mol. The van der Waals surface area contributed by atoms with Crippen LogP contribution in [-0.4, -0.2) is 25.5 Å². The Morgan fingerprint density at radius 3 is 2.90 bits per heavy atom. The number of carbonyl (C=O) groups excluding carboxylic acids is 1. The van der Waals surface area contributed by atoms with Crippen LogP contribution in [0.25, 0.3) is 0 Å². The van der Waals surface area contributed by atoms with Gasteiger partial charge in [-0.3, -0.25) is 4.79 Å². The Bertz CT molecular complexity index is 136. The predicted octanol–water partition coefficient (Wildman–Crippen LogP) is -0.270. The molecule has 0 spiro atoms. The highest BCUT2D eigenvalue weighted by molar-refractivity contribution is 5.78. The molecule has 1 amide bonds. The number of hydrogen-bond acceptors (Lipinski definition) is 2. The van der Waals surface area contributed by atoms with Crippen molar-refractivity contribution in [2.45, 2.75) is 19.4 Å². The summed E-state index contributed by atoms with van der Waals surface area (Å²) in [6.45, 7) is 2.98. The maximum Gasteiger partial charge on any atom is 0.220 e. The van der Waals surface area contributed by atoms with Gasteiger partial charge in [0, 0.05) is 24.9 Å². The zero-order valence-electron chi connectivity index (χ0n) is 6.48. The maximum absolute atomic E-state index is 10.8. The molecule has 3 heteroatoms. The number of nitrogens with one attached hydrogen (secondary N) is 2. The van der Waals surface area contributed by atoms with Crippen LogP contribution in [0.5, 0.6) is 0 Å². The van der Waals surface area contributed by atoms with Gasteiger partial charge in [-0.15, -0.1) is 0 Å². The summed E-state index contributed by atoms with van der Waals surface area (Å²) < 4.78 is 0. The molecule has 1 saturated heterocycles. The average molecular weight is 142 g/mol. The van der Waals surface area contributed by atoms with Crippen molar-refractivity contribution in [3.8, 4) is 0 Å². The molecule has 1 rings (SSSR count). The third-order valence-corrected chi connectivity index (χ3v) is 2.01. The zero-order valence-corrected chi connectivity index (χ0v) is 6.48. The van der Waals surface area contributed by atoms with Crippen LogP contribution >= 0.6 is 0 Å². The third-order valence-electron chi connectivity index (χ3n) is 2.01. The first-order valence-electron chi connectivity index (χ1n) is 3.68. The summed E-state index contributed by atoms with van der Waals surface area (Å²) in [6.07, 6.45) is 0.683. The van der Waals surface area contributed by atoms with Gasteiger partial charge in [-0.1, -0.05) is 0 Å². The zero-order chi connectivity index (χ0) is 7.56. The van der Waals surface area contributed by atoms with Crippen molar-refractivity contribution >= 4 is 5.91 Å². The van der Waals surface area contributed by atoms with Gasteiger partial charge in [-0.2, -0.15) is 0 Å². The molecule has 2 N–H and O–H groups in total. The van der Waals surface area contributed by atoms with Crippen molar-refractivity contribution in [2.24, 2.45) is 5.92 Å². The number of carbonyl (C=O) groups is 1. The Kier molecular flexibility index (Phi) is 2.27. The Morgan fingerprint density at radius 2 is 2.50 bits per heavy atom. The fourth-order valence-corrected chi connectivity index (χ4v) is 1.36. The molecule has 58 valence electrons. The molecule has 1 aliphatic heterocycles. The van der Waals surface area contributed by atoms with Crippen LogP contribution in [-0.2, 0) is 4.79 Å². The molecule has 0 radical (unpaired) electrons. The first-order chi connectivity index (χ1) is 4.74. The smallest absolute Gasteiger partial charge is 0.220 e. The Balaban J connectivity index is 2.38. The highest BCUT2D eigenvalue weighted by atomic mass is 16.1. The minimum Gasteiger partial charge on any atom is -0.353 e.